The van der Waals surface area contributed by atoms with Gasteiger partial charge < -0.3 is 28.6 Å². The van der Waals surface area contributed by atoms with Crippen LogP contribution in [0.1, 0.15) is 5.56 Å². The van der Waals surface area contributed by atoms with Crippen LogP contribution in [0.3, 0.4) is 0 Å². The maximum absolute atomic E-state index is 5.89. The molecular weight excluding hydrogens is 384 g/mol. The van der Waals surface area contributed by atoms with E-state index in [2.05, 4.69) is 21.9 Å². The van der Waals surface area contributed by atoms with Crippen molar-refractivity contribution in [1.29, 1.82) is 0 Å². The molecule has 162 valence electrons. The summed E-state index contributed by atoms with van der Waals surface area (Å²) in [5, 5.41) is 0. The fraction of sp³-hybridized carbons (Fsp3) is 0.478. The minimum atomic E-state index is 0.287. The maximum atomic E-state index is 5.89. The molecule has 1 fully saturated rings. The van der Waals surface area contributed by atoms with Crippen molar-refractivity contribution in [1.82, 2.24) is 9.80 Å². The first-order valence-electron chi connectivity index (χ1n) is 10.4. The van der Waals surface area contributed by atoms with Crippen LogP contribution in [0.4, 0.5) is 0 Å². The van der Waals surface area contributed by atoms with E-state index in [1.165, 1.54) is 5.56 Å². The second-order valence-electron chi connectivity index (χ2n) is 7.49. The molecule has 0 radical (unpaired) electrons. The molecule has 0 aliphatic carbocycles. The molecule has 7 heteroatoms. The van der Waals surface area contributed by atoms with E-state index in [1.807, 2.05) is 24.3 Å². The number of fused-ring (bicyclic) bond motifs is 1. The van der Waals surface area contributed by atoms with Crippen LogP contribution in [0.15, 0.2) is 36.4 Å². The molecule has 2 aromatic carbocycles. The smallest absolute Gasteiger partial charge is 0.231 e. The fourth-order valence-corrected chi connectivity index (χ4v) is 3.82. The summed E-state index contributed by atoms with van der Waals surface area (Å²) in [4.78, 5) is 4.98. The van der Waals surface area contributed by atoms with Gasteiger partial charge in [0.1, 0.15) is 12.4 Å². The minimum Gasteiger partial charge on any atom is -0.493 e. The van der Waals surface area contributed by atoms with Crippen molar-refractivity contribution in [3.63, 3.8) is 0 Å². The van der Waals surface area contributed by atoms with Gasteiger partial charge in [0.25, 0.3) is 0 Å². The molecule has 4 rings (SSSR count). The van der Waals surface area contributed by atoms with Crippen molar-refractivity contribution in [2.75, 3.05) is 66.9 Å². The zero-order valence-electron chi connectivity index (χ0n) is 17.8. The SMILES string of the molecule is COc1ccc(CCN2CCN(CCOc3ccc4c(c3)OCO4)CC2)cc1OC. The Labute approximate surface area is 178 Å². The van der Waals surface area contributed by atoms with Gasteiger partial charge in [0.15, 0.2) is 23.0 Å². The number of nitrogens with zero attached hydrogens (tertiary/aromatic N) is 2. The van der Waals surface area contributed by atoms with Gasteiger partial charge in [-0.2, -0.15) is 0 Å². The predicted molar refractivity (Wildman–Crippen MR) is 114 cm³/mol. The average molecular weight is 415 g/mol. The lowest BCUT2D eigenvalue weighted by Crippen LogP contribution is -2.47. The van der Waals surface area contributed by atoms with Crippen molar-refractivity contribution in [2.45, 2.75) is 6.42 Å². The van der Waals surface area contributed by atoms with Gasteiger partial charge in [0.05, 0.1) is 14.2 Å². The highest BCUT2D eigenvalue weighted by atomic mass is 16.7. The van der Waals surface area contributed by atoms with Crippen molar-refractivity contribution in [2.24, 2.45) is 0 Å². The molecule has 0 unspecified atom stereocenters. The van der Waals surface area contributed by atoms with Gasteiger partial charge in [0.2, 0.25) is 6.79 Å². The molecular formula is C23H30N2O5. The molecule has 0 spiro atoms. The van der Waals surface area contributed by atoms with Crippen LogP contribution >= 0.6 is 0 Å². The van der Waals surface area contributed by atoms with E-state index in [-0.39, 0.29) is 6.79 Å². The Morgan fingerprint density at radius 2 is 1.53 bits per heavy atom. The third-order valence-electron chi connectivity index (χ3n) is 5.65. The van der Waals surface area contributed by atoms with Crippen molar-refractivity contribution in [3.05, 3.63) is 42.0 Å². The van der Waals surface area contributed by atoms with E-state index < -0.39 is 0 Å². The number of methoxy groups -OCH3 is 2. The molecule has 0 bridgehead atoms. The lowest BCUT2D eigenvalue weighted by atomic mass is 10.1. The van der Waals surface area contributed by atoms with Crippen molar-refractivity contribution in [3.8, 4) is 28.7 Å². The van der Waals surface area contributed by atoms with Crippen LogP contribution in [0.25, 0.3) is 0 Å². The first kappa shape index (κ1) is 20.6. The molecule has 0 aromatic heterocycles. The summed E-state index contributed by atoms with van der Waals surface area (Å²) in [5.41, 5.74) is 1.27. The summed E-state index contributed by atoms with van der Waals surface area (Å²) in [5.74, 6) is 3.94. The van der Waals surface area contributed by atoms with Gasteiger partial charge in [-0.15, -0.1) is 0 Å². The lowest BCUT2D eigenvalue weighted by Gasteiger charge is -2.34. The van der Waals surface area contributed by atoms with Crippen LogP contribution in [0.2, 0.25) is 0 Å². The van der Waals surface area contributed by atoms with E-state index in [0.717, 1.165) is 74.4 Å². The predicted octanol–water partition coefficient (Wildman–Crippen LogP) is 2.67. The van der Waals surface area contributed by atoms with Crippen LogP contribution in [0.5, 0.6) is 28.7 Å². The average Bonchev–Trinajstić information content (AvgIpc) is 3.26. The normalized spacial score (nSPS) is 16.5. The fourth-order valence-electron chi connectivity index (χ4n) is 3.82. The Morgan fingerprint density at radius 3 is 2.30 bits per heavy atom. The molecule has 0 saturated carbocycles. The number of benzene rings is 2. The highest BCUT2D eigenvalue weighted by Gasteiger charge is 2.17. The van der Waals surface area contributed by atoms with E-state index in [4.69, 9.17) is 23.7 Å². The molecule has 0 amide bonds. The molecule has 7 nitrogen and oxygen atoms in total. The summed E-state index contributed by atoms with van der Waals surface area (Å²) in [6.07, 6.45) is 1.01. The zero-order chi connectivity index (χ0) is 20.8. The van der Waals surface area contributed by atoms with Crippen LogP contribution < -0.4 is 23.7 Å². The number of ether oxygens (including phenoxy) is 5. The Balaban J connectivity index is 1.15. The monoisotopic (exact) mass is 414 g/mol. The van der Waals surface area contributed by atoms with E-state index >= 15 is 0 Å². The molecule has 2 aliphatic rings. The number of rotatable bonds is 9. The summed E-state index contributed by atoms with van der Waals surface area (Å²) in [7, 11) is 3.34. The van der Waals surface area contributed by atoms with Crippen molar-refractivity contribution >= 4 is 0 Å². The standard InChI is InChI=1S/C23H30N2O5/c1-26-20-5-3-18(15-22(20)27-2)7-8-24-9-11-25(12-10-24)13-14-28-19-4-6-21-23(16-19)30-17-29-21/h3-6,15-16H,7-14,17H2,1-2H3. The van der Waals surface area contributed by atoms with E-state index in [9.17, 15) is 0 Å². The first-order valence-corrected chi connectivity index (χ1v) is 10.4. The molecule has 2 aliphatic heterocycles. The summed E-state index contributed by atoms with van der Waals surface area (Å²) in [6.45, 7) is 7.23. The third-order valence-corrected chi connectivity index (χ3v) is 5.65. The number of hydrogen-bond acceptors (Lipinski definition) is 7. The zero-order valence-corrected chi connectivity index (χ0v) is 17.8. The van der Waals surface area contributed by atoms with Crippen LogP contribution in [-0.2, 0) is 6.42 Å². The van der Waals surface area contributed by atoms with Gasteiger partial charge in [-0.3, -0.25) is 4.90 Å². The second kappa shape index (κ2) is 9.91. The molecule has 30 heavy (non-hydrogen) atoms. The third kappa shape index (κ3) is 5.09. The lowest BCUT2D eigenvalue weighted by molar-refractivity contribution is 0.117. The van der Waals surface area contributed by atoms with E-state index in [1.54, 1.807) is 14.2 Å². The highest BCUT2D eigenvalue weighted by Crippen LogP contribution is 2.35. The number of piperazine rings is 1. The largest absolute Gasteiger partial charge is 0.493 e. The van der Waals surface area contributed by atoms with Gasteiger partial charge in [-0.05, 0) is 36.2 Å². The number of hydrogen-bond donors (Lipinski definition) is 0. The van der Waals surface area contributed by atoms with Gasteiger partial charge >= 0.3 is 0 Å². The maximum Gasteiger partial charge on any atom is 0.231 e. The highest BCUT2D eigenvalue weighted by molar-refractivity contribution is 5.47. The Morgan fingerprint density at radius 1 is 0.800 bits per heavy atom. The molecule has 2 heterocycles. The summed E-state index contributed by atoms with van der Waals surface area (Å²) < 4.78 is 27.3. The molecule has 1 saturated heterocycles. The van der Waals surface area contributed by atoms with Gasteiger partial charge in [-0.1, -0.05) is 6.07 Å². The van der Waals surface area contributed by atoms with Crippen LogP contribution in [-0.4, -0.2) is 76.7 Å². The van der Waals surface area contributed by atoms with E-state index in [0.29, 0.717) is 6.61 Å². The summed E-state index contributed by atoms with van der Waals surface area (Å²) in [6, 6.07) is 11.9. The second-order valence-corrected chi connectivity index (χ2v) is 7.49. The van der Waals surface area contributed by atoms with Crippen molar-refractivity contribution < 1.29 is 23.7 Å². The topological polar surface area (TPSA) is 52.6 Å². The quantitative estimate of drug-likeness (QED) is 0.625. The van der Waals surface area contributed by atoms with Gasteiger partial charge in [-0.25, -0.2) is 0 Å². The van der Waals surface area contributed by atoms with Gasteiger partial charge in [0, 0.05) is 45.3 Å². The Bertz CT molecular complexity index is 836. The molecule has 2 aromatic rings. The Kier molecular flexibility index (Phi) is 6.81. The molecule has 0 N–H and O–H groups in total. The molecule has 0 atom stereocenters. The summed E-state index contributed by atoms with van der Waals surface area (Å²) >= 11 is 0. The Hall–Kier alpha value is -2.64. The first-order chi connectivity index (χ1) is 14.7. The van der Waals surface area contributed by atoms with Crippen LogP contribution in [0, 0.1) is 0 Å². The minimum absolute atomic E-state index is 0.287.